The molecule has 0 N–H and O–H groups in total. The summed E-state index contributed by atoms with van der Waals surface area (Å²) < 4.78 is 5.62. The highest BCUT2D eigenvalue weighted by molar-refractivity contribution is 5.67. The van der Waals surface area contributed by atoms with Crippen LogP contribution >= 0.6 is 0 Å². The third kappa shape index (κ3) is 3.40. The van der Waals surface area contributed by atoms with Crippen molar-refractivity contribution in [3.8, 4) is 11.8 Å². The highest BCUT2D eigenvalue weighted by Gasteiger charge is 2.41. The lowest BCUT2D eigenvalue weighted by Crippen LogP contribution is -2.51. The van der Waals surface area contributed by atoms with Gasteiger partial charge in [0, 0.05) is 37.9 Å². The molecule has 1 heterocycles. The number of hydrogen-bond donors (Lipinski definition) is 0. The van der Waals surface area contributed by atoms with Crippen molar-refractivity contribution >= 4 is 5.97 Å². The molecule has 0 amide bonds. The molecular formula is C17H21NO2. The largest absolute Gasteiger partial charge is 0.446 e. The molecule has 2 atom stereocenters. The Kier molecular flexibility index (Phi) is 4.46. The molecule has 0 spiro atoms. The van der Waals surface area contributed by atoms with E-state index in [0.717, 1.165) is 25.1 Å². The summed E-state index contributed by atoms with van der Waals surface area (Å²) in [6.07, 6.45) is 0.754. The Morgan fingerprint density at radius 3 is 2.70 bits per heavy atom. The van der Waals surface area contributed by atoms with Gasteiger partial charge in [-0.3, -0.25) is 4.79 Å². The van der Waals surface area contributed by atoms with Gasteiger partial charge >= 0.3 is 5.97 Å². The quantitative estimate of drug-likeness (QED) is 0.580. The number of esters is 1. The van der Waals surface area contributed by atoms with Gasteiger partial charge in [0.15, 0.2) is 5.60 Å². The van der Waals surface area contributed by atoms with Crippen molar-refractivity contribution in [2.75, 3.05) is 20.1 Å². The van der Waals surface area contributed by atoms with Gasteiger partial charge in [0.25, 0.3) is 0 Å². The maximum absolute atomic E-state index is 11.5. The van der Waals surface area contributed by atoms with E-state index in [1.165, 1.54) is 6.92 Å². The lowest BCUT2D eigenvalue weighted by Gasteiger charge is -2.41. The number of carbonyl (C=O) groups is 1. The van der Waals surface area contributed by atoms with Crippen molar-refractivity contribution in [2.45, 2.75) is 25.9 Å². The molecule has 1 aromatic rings. The third-order valence-corrected chi connectivity index (χ3v) is 3.76. The molecule has 0 unspecified atom stereocenters. The fourth-order valence-electron chi connectivity index (χ4n) is 2.63. The molecule has 106 valence electrons. The maximum Gasteiger partial charge on any atom is 0.304 e. The maximum atomic E-state index is 11.5. The minimum Gasteiger partial charge on any atom is -0.446 e. The zero-order valence-electron chi connectivity index (χ0n) is 12.3. The van der Waals surface area contributed by atoms with Gasteiger partial charge < -0.3 is 9.64 Å². The highest BCUT2D eigenvalue weighted by Crippen LogP contribution is 2.31. The monoisotopic (exact) mass is 271 g/mol. The summed E-state index contributed by atoms with van der Waals surface area (Å²) in [4.78, 5) is 13.7. The molecule has 0 aromatic heterocycles. The van der Waals surface area contributed by atoms with Crippen LogP contribution in [-0.4, -0.2) is 36.6 Å². The molecule has 0 radical (unpaired) electrons. The molecule has 0 bridgehead atoms. The van der Waals surface area contributed by atoms with Crippen molar-refractivity contribution in [1.29, 1.82) is 0 Å². The van der Waals surface area contributed by atoms with E-state index in [9.17, 15) is 4.79 Å². The van der Waals surface area contributed by atoms with E-state index in [0.29, 0.717) is 0 Å². The van der Waals surface area contributed by atoms with Crippen LogP contribution in [-0.2, 0) is 9.53 Å². The number of hydrogen-bond acceptors (Lipinski definition) is 3. The summed E-state index contributed by atoms with van der Waals surface area (Å²) >= 11 is 0. The molecule has 2 rings (SSSR count). The van der Waals surface area contributed by atoms with Crippen LogP contribution in [0, 0.1) is 17.8 Å². The SMILES string of the molecule is CC(=O)O[C@]1(C#Cc2ccccc2)CCN(C)C[C@H]1C. The lowest BCUT2D eigenvalue weighted by atomic mass is 9.82. The Hall–Kier alpha value is -1.79. The molecule has 0 aliphatic carbocycles. The second-order valence-corrected chi connectivity index (χ2v) is 5.51. The van der Waals surface area contributed by atoms with E-state index in [1.807, 2.05) is 30.3 Å². The summed E-state index contributed by atoms with van der Waals surface area (Å²) in [5.41, 5.74) is 0.291. The Balaban J connectivity index is 2.29. The summed E-state index contributed by atoms with van der Waals surface area (Å²) in [6.45, 7) is 5.33. The molecule has 3 heteroatoms. The number of ether oxygens (including phenoxy) is 1. The first-order valence-corrected chi connectivity index (χ1v) is 6.98. The Labute approximate surface area is 120 Å². The number of nitrogens with zero attached hydrogens (tertiary/aromatic N) is 1. The van der Waals surface area contributed by atoms with E-state index >= 15 is 0 Å². The van der Waals surface area contributed by atoms with Crippen molar-refractivity contribution in [3.05, 3.63) is 35.9 Å². The summed E-state index contributed by atoms with van der Waals surface area (Å²) in [5, 5.41) is 0. The van der Waals surface area contributed by atoms with E-state index in [-0.39, 0.29) is 11.9 Å². The molecule has 1 aromatic carbocycles. The van der Waals surface area contributed by atoms with Crippen LogP contribution in [0.15, 0.2) is 30.3 Å². The van der Waals surface area contributed by atoms with E-state index in [1.54, 1.807) is 0 Å². The van der Waals surface area contributed by atoms with Crippen molar-refractivity contribution in [2.24, 2.45) is 5.92 Å². The number of piperidine rings is 1. The Bertz CT molecular complexity index is 529. The zero-order chi connectivity index (χ0) is 14.6. The number of likely N-dealkylation sites (tertiary alicyclic amines) is 1. The van der Waals surface area contributed by atoms with Crippen LogP contribution in [0.5, 0.6) is 0 Å². The number of benzene rings is 1. The van der Waals surface area contributed by atoms with Gasteiger partial charge in [-0.25, -0.2) is 0 Å². The van der Waals surface area contributed by atoms with Crippen LogP contribution in [0.2, 0.25) is 0 Å². The average molecular weight is 271 g/mol. The smallest absolute Gasteiger partial charge is 0.304 e. The Morgan fingerprint density at radius 2 is 2.10 bits per heavy atom. The van der Waals surface area contributed by atoms with Crippen LogP contribution in [0.1, 0.15) is 25.8 Å². The zero-order valence-corrected chi connectivity index (χ0v) is 12.3. The predicted molar refractivity (Wildman–Crippen MR) is 79.1 cm³/mol. The van der Waals surface area contributed by atoms with Crippen LogP contribution < -0.4 is 0 Å². The lowest BCUT2D eigenvalue weighted by molar-refractivity contribution is -0.159. The van der Waals surface area contributed by atoms with E-state index in [4.69, 9.17) is 4.74 Å². The fourth-order valence-corrected chi connectivity index (χ4v) is 2.63. The Morgan fingerprint density at radius 1 is 1.40 bits per heavy atom. The van der Waals surface area contributed by atoms with Crippen LogP contribution in [0.3, 0.4) is 0 Å². The first-order valence-electron chi connectivity index (χ1n) is 6.98. The van der Waals surface area contributed by atoms with Crippen molar-refractivity contribution in [1.82, 2.24) is 4.90 Å². The van der Waals surface area contributed by atoms with E-state index in [2.05, 4.69) is 30.7 Å². The highest BCUT2D eigenvalue weighted by atomic mass is 16.6. The summed E-state index contributed by atoms with van der Waals surface area (Å²) in [5.74, 6) is 6.33. The van der Waals surface area contributed by atoms with Gasteiger partial charge in [-0.15, -0.1) is 0 Å². The van der Waals surface area contributed by atoms with Gasteiger partial charge in [-0.2, -0.15) is 0 Å². The second kappa shape index (κ2) is 6.11. The number of rotatable bonds is 1. The molecular weight excluding hydrogens is 250 g/mol. The summed E-state index contributed by atoms with van der Waals surface area (Å²) in [6, 6.07) is 9.81. The summed E-state index contributed by atoms with van der Waals surface area (Å²) in [7, 11) is 2.08. The second-order valence-electron chi connectivity index (χ2n) is 5.51. The first-order chi connectivity index (χ1) is 9.52. The van der Waals surface area contributed by atoms with Gasteiger partial charge in [-0.1, -0.05) is 31.0 Å². The van der Waals surface area contributed by atoms with Gasteiger partial charge in [0.1, 0.15) is 0 Å². The standard InChI is InChI=1S/C17H21NO2/c1-14-13-18(3)12-11-17(14,20-15(2)19)10-9-16-7-5-4-6-8-16/h4-8,14H,11-13H2,1-3H3/t14-,17-/m1/s1. The van der Waals surface area contributed by atoms with Gasteiger partial charge in [0.05, 0.1) is 0 Å². The minimum absolute atomic E-state index is 0.196. The molecule has 1 fully saturated rings. The van der Waals surface area contributed by atoms with Crippen molar-refractivity contribution < 1.29 is 9.53 Å². The van der Waals surface area contributed by atoms with E-state index < -0.39 is 5.60 Å². The molecule has 1 saturated heterocycles. The predicted octanol–water partition coefficient (Wildman–Crippen LogP) is 2.31. The molecule has 3 nitrogen and oxygen atoms in total. The van der Waals surface area contributed by atoms with Gasteiger partial charge in [-0.05, 0) is 25.1 Å². The molecule has 1 aliphatic rings. The van der Waals surface area contributed by atoms with Crippen LogP contribution in [0.25, 0.3) is 0 Å². The van der Waals surface area contributed by atoms with Crippen LogP contribution in [0.4, 0.5) is 0 Å². The molecule has 1 aliphatic heterocycles. The third-order valence-electron chi connectivity index (χ3n) is 3.76. The average Bonchev–Trinajstić information content (AvgIpc) is 2.41. The first kappa shape index (κ1) is 14.6. The van der Waals surface area contributed by atoms with Gasteiger partial charge in [0.2, 0.25) is 0 Å². The fraction of sp³-hybridized carbons (Fsp3) is 0.471. The normalized spacial score (nSPS) is 26.4. The minimum atomic E-state index is -0.659. The molecule has 0 saturated carbocycles. The number of carbonyl (C=O) groups excluding carboxylic acids is 1. The topological polar surface area (TPSA) is 29.5 Å². The molecule has 20 heavy (non-hydrogen) atoms. The van der Waals surface area contributed by atoms with Crippen molar-refractivity contribution in [3.63, 3.8) is 0 Å².